The van der Waals surface area contributed by atoms with Gasteiger partial charge in [-0.2, -0.15) is 17.0 Å². The minimum absolute atomic E-state index is 0.0895. The Balaban J connectivity index is 2.26. The highest BCUT2D eigenvalue weighted by atomic mass is 32.2. The third-order valence-corrected chi connectivity index (χ3v) is 3.45. The normalized spacial score (nSPS) is 10.3. The molecular weight excluding hydrogens is 251 g/mol. The maximum absolute atomic E-state index is 13.7. The van der Waals surface area contributed by atoms with E-state index in [4.69, 9.17) is 10.4 Å². The van der Waals surface area contributed by atoms with Crippen molar-refractivity contribution < 1.29 is 9.50 Å². The van der Waals surface area contributed by atoms with Gasteiger partial charge in [-0.15, -0.1) is 0 Å². The van der Waals surface area contributed by atoms with Gasteiger partial charge in [-0.1, -0.05) is 12.1 Å². The number of hydrogen-bond donors (Lipinski definition) is 2. The summed E-state index contributed by atoms with van der Waals surface area (Å²) in [6, 6.07) is 6.68. The lowest BCUT2D eigenvalue weighted by Crippen LogP contribution is -2.17. The third-order valence-electron chi connectivity index (χ3n) is 2.38. The molecule has 0 heterocycles. The van der Waals surface area contributed by atoms with E-state index < -0.39 is 5.82 Å². The van der Waals surface area contributed by atoms with Gasteiger partial charge < -0.3 is 10.4 Å². The van der Waals surface area contributed by atoms with Crippen LogP contribution in [0.5, 0.6) is 0 Å². The average molecular weight is 268 g/mol. The molecule has 0 aromatic heterocycles. The Morgan fingerprint density at radius 2 is 2.22 bits per heavy atom. The number of benzene rings is 1. The van der Waals surface area contributed by atoms with Gasteiger partial charge in [0.1, 0.15) is 11.9 Å². The third kappa shape index (κ3) is 5.05. The summed E-state index contributed by atoms with van der Waals surface area (Å²) in [5.41, 5.74) is 0.612. The molecular formula is C13H17FN2OS. The zero-order chi connectivity index (χ0) is 13.2. The van der Waals surface area contributed by atoms with Crippen molar-refractivity contribution in [2.45, 2.75) is 13.0 Å². The molecule has 5 heteroatoms. The number of nitrogens with one attached hydrogen (secondary N) is 1. The molecule has 1 aromatic rings. The van der Waals surface area contributed by atoms with E-state index in [9.17, 15) is 4.39 Å². The van der Waals surface area contributed by atoms with E-state index in [0.717, 1.165) is 24.5 Å². The lowest BCUT2D eigenvalue weighted by atomic mass is 10.1. The molecule has 0 aliphatic rings. The van der Waals surface area contributed by atoms with Gasteiger partial charge >= 0.3 is 0 Å². The first-order valence-electron chi connectivity index (χ1n) is 5.86. The topological polar surface area (TPSA) is 56.0 Å². The van der Waals surface area contributed by atoms with Gasteiger partial charge in [-0.3, -0.25) is 0 Å². The minimum Gasteiger partial charge on any atom is -0.396 e. The molecule has 18 heavy (non-hydrogen) atoms. The van der Waals surface area contributed by atoms with E-state index in [-0.39, 0.29) is 12.2 Å². The number of aliphatic hydroxyl groups excluding tert-OH is 1. The molecule has 2 N–H and O–H groups in total. The lowest BCUT2D eigenvalue weighted by Gasteiger charge is -2.06. The molecule has 0 fully saturated rings. The summed E-state index contributed by atoms with van der Waals surface area (Å²) in [6.07, 6.45) is 0.809. The van der Waals surface area contributed by atoms with Crippen molar-refractivity contribution in [3.8, 4) is 6.07 Å². The quantitative estimate of drug-likeness (QED) is 0.707. The molecule has 0 aliphatic heterocycles. The zero-order valence-corrected chi connectivity index (χ0v) is 11.0. The van der Waals surface area contributed by atoms with Crippen LogP contribution >= 0.6 is 11.8 Å². The van der Waals surface area contributed by atoms with Crippen molar-refractivity contribution in [1.29, 1.82) is 5.26 Å². The van der Waals surface area contributed by atoms with Crippen LogP contribution in [0.1, 0.15) is 17.5 Å². The predicted octanol–water partition coefficient (Wildman–Crippen LogP) is 1.90. The highest BCUT2D eigenvalue weighted by Crippen LogP contribution is 2.11. The molecule has 1 rings (SSSR count). The van der Waals surface area contributed by atoms with Crippen molar-refractivity contribution in [2.75, 3.05) is 24.7 Å². The van der Waals surface area contributed by atoms with Gasteiger partial charge in [0, 0.05) is 31.0 Å². The molecule has 0 unspecified atom stereocenters. The Hall–Kier alpha value is -1.09. The molecule has 1 aromatic carbocycles. The van der Waals surface area contributed by atoms with Gasteiger partial charge in [0.15, 0.2) is 0 Å². The molecule has 0 saturated heterocycles. The summed E-state index contributed by atoms with van der Waals surface area (Å²) >= 11 is 1.76. The van der Waals surface area contributed by atoms with Crippen LogP contribution < -0.4 is 5.32 Å². The summed E-state index contributed by atoms with van der Waals surface area (Å²) < 4.78 is 13.7. The first-order valence-corrected chi connectivity index (χ1v) is 7.02. The molecule has 98 valence electrons. The van der Waals surface area contributed by atoms with Crippen molar-refractivity contribution in [3.05, 3.63) is 35.1 Å². The molecule has 0 saturated carbocycles. The SMILES string of the molecule is N#Cc1cccc(CNCCSCCCO)c1F. The molecule has 0 radical (unpaired) electrons. The first-order chi connectivity index (χ1) is 8.79. The molecule has 0 atom stereocenters. The number of halogens is 1. The van der Waals surface area contributed by atoms with Crippen molar-refractivity contribution in [1.82, 2.24) is 5.32 Å². The highest BCUT2D eigenvalue weighted by Gasteiger charge is 2.06. The van der Waals surface area contributed by atoms with Gasteiger partial charge in [0.25, 0.3) is 0 Å². The van der Waals surface area contributed by atoms with E-state index in [2.05, 4.69) is 5.32 Å². The monoisotopic (exact) mass is 268 g/mol. The molecule has 0 aliphatic carbocycles. The standard InChI is InChI=1S/C13H17FN2OS/c14-13-11(9-15)3-1-4-12(13)10-16-5-8-18-7-2-6-17/h1,3-4,16-17H,2,5-8,10H2. The Morgan fingerprint density at radius 1 is 1.39 bits per heavy atom. The van der Waals surface area contributed by atoms with Crippen LogP contribution in [-0.4, -0.2) is 29.8 Å². The Bertz CT molecular complexity index is 406. The first kappa shape index (κ1) is 15.0. The van der Waals surface area contributed by atoms with Gasteiger partial charge in [-0.25, -0.2) is 4.39 Å². The molecule has 0 bridgehead atoms. The van der Waals surface area contributed by atoms with Crippen LogP contribution in [0, 0.1) is 17.1 Å². The summed E-state index contributed by atoms with van der Waals surface area (Å²) in [5.74, 6) is 1.44. The fourth-order valence-electron chi connectivity index (χ4n) is 1.44. The van der Waals surface area contributed by atoms with E-state index in [0.29, 0.717) is 12.1 Å². The number of aliphatic hydroxyl groups is 1. The van der Waals surface area contributed by atoms with Gasteiger partial charge in [-0.05, 0) is 18.2 Å². The van der Waals surface area contributed by atoms with Crippen molar-refractivity contribution in [2.24, 2.45) is 0 Å². The Kier molecular flexibility index (Phi) is 7.42. The number of hydrogen-bond acceptors (Lipinski definition) is 4. The molecule has 0 spiro atoms. The number of nitriles is 1. The van der Waals surface area contributed by atoms with E-state index in [1.54, 1.807) is 23.9 Å². The van der Waals surface area contributed by atoms with Crippen molar-refractivity contribution in [3.63, 3.8) is 0 Å². The number of nitrogens with zero attached hydrogens (tertiary/aromatic N) is 1. The maximum atomic E-state index is 13.7. The van der Waals surface area contributed by atoms with E-state index in [1.165, 1.54) is 6.07 Å². The van der Waals surface area contributed by atoms with E-state index >= 15 is 0 Å². The average Bonchev–Trinajstić information content (AvgIpc) is 2.39. The summed E-state index contributed by atoms with van der Waals surface area (Å²) in [5, 5.41) is 20.4. The van der Waals surface area contributed by atoms with Crippen LogP contribution in [0.2, 0.25) is 0 Å². The second kappa shape index (κ2) is 8.92. The van der Waals surface area contributed by atoms with Crippen molar-refractivity contribution >= 4 is 11.8 Å². The van der Waals surface area contributed by atoms with Gasteiger partial charge in [0.2, 0.25) is 0 Å². The largest absolute Gasteiger partial charge is 0.396 e. The van der Waals surface area contributed by atoms with Crippen LogP contribution in [-0.2, 0) is 6.54 Å². The lowest BCUT2D eigenvalue weighted by molar-refractivity contribution is 0.296. The predicted molar refractivity (Wildman–Crippen MR) is 71.8 cm³/mol. The Morgan fingerprint density at radius 3 is 2.94 bits per heavy atom. The molecule has 3 nitrogen and oxygen atoms in total. The van der Waals surface area contributed by atoms with Crippen LogP contribution in [0.3, 0.4) is 0 Å². The summed E-state index contributed by atoms with van der Waals surface area (Å²) in [4.78, 5) is 0. The maximum Gasteiger partial charge on any atom is 0.145 e. The smallest absolute Gasteiger partial charge is 0.145 e. The fourth-order valence-corrected chi connectivity index (χ4v) is 2.26. The fraction of sp³-hybridized carbons (Fsp3) is 0.462. The highest BCUT2D eigenvalue weighted by molar-refractivity contribution is 7.99. The van der Waals surface area contributed by atoms with Gasteiger partial charge in [0.05, 0.1) is 5.56 Å². The number of rotatable bonds is 8. The minimum atomic E-state index is -0.430. The van der Waals surface area contributed by atoms with Crippen LogP contribution in [0.4, 0.5) is 4.39 Å². The summed E-state index contributed by atoms with van der Waals surface area (Å²) in [7, 11) is 0. The van der Waals surface area contributed by atoms with Crippen LogP contribution in [0.15, 0.2) is 18.2 Å². The number of thioether (sulfide) groups is 1. The Labute approximate surface area is 111 Å². The molecule has 0 amide bonds. The zero-order valence-electron chi connectivity index (χ0n) is 10.2. The van der Waals surface area contributed by atoms with Crippen LogP contribution in [0.25, 0.3) is 0 Å². The summed E-state index contributed by atoms with van der Waals surface area (Å²) in [6.45, 7) is 1.45. The second-order valence-electron chi connectivity index (χ2n) is 3.76. The van der Waals surface area contributed by atoms with E-state index in [1.807, 2.05) is 6.07 Å². The second-order valence-corrected chi connectivity index (χ2v) is 4.98.